The molecule has 2 aromatic carbocycles. The fourth-order valence-corrected chi connectivity index (χ4v) is 4.08. The average molecular weight is 523 g/mol. The number of hydrogen-bond acceptors (Lipinski definition) is 5. The first-order valence-corrected chi connectivity index (χ1v) is 11.6. The van der Waals surface area contributed by atoms with Gasteiger partial charge in [0, 0.05) is 15.1 Å². The van der Waals surface area contributed by atoms with Gasteiger partial charge in [-0.1, -0.05) is 67.5 Å². The molecule has 3 amide bonds. The number of halogens is 2. The standard InChI is InChI=1S/C21H21BrClN5O2S/c1-3-12(2)17(25-20(30)24-16-10-5-4-9-15(16)22)18(29)26-21-28-27-19(31-21)13-7-6-8-14(23)11-13/h4-12,17H,3H2,1-2H3,(H2,24,25,30)(H,26,28,29)/t12-,17+/m0/s1. The number of anilines is 2. The van der Waals surface area contributed by atoms with E-state index in [2.05, 4.69) is 42.1 Å². The van der Waals surface area contributed by atoms with Crippen molar-refractivity contribution in [3.8, 4) is 10.6 Å². The molecule has 0 bridgehead atoms. The summed E-state index contributed by atoms with van der Waals surface area (Å²) in [7, 11) is 0. The number of aromatic nitrogens is 2. The van der Waals surface area contributed by atoms with Crippen LogP contribution in [-0.2, 0) is 4.79 Å². The van der Waals surface area contributed by atoms with Gasteiger partial charge in [-0.3, -0.25) is 10.1 Å². The second kappa shape index (κ2) is 10.7. The lowest BCUT2D eigenvalue weighted by atomic mass is 9.98. The Bertz CT molecular complexity index is 1080. The maximum absolute atomic E-state index is 12.9. The van der Waals surface area contributed by atoms with E-state index < -0.39 is 12.1 Å². The minimum absolute atomic E-state index is 0.0923. The number of nitrogens with one attached hydrogen (secondary N) is 3. The van der Waals surface area contributed by atoms with Crippen molar-refractivity contribution in [2.24, 2.45) is 5.92 Å². The van der Waals surface area contributed by atoms with Crippen LogP contribution in [0, 0.1) is 5.92 Å². The molecule has 0 radical (unpaired) electrons. The van der Waals surface area contributed by atoms with E-state index in [1.807, 2.05) is 44.2 Å². The van der Waals surface area contributed by atoms with Gasteiger partial charge in [0.1, 0.15) is 11.0 Å². The molecule has 0 saturated carbocycles. The van der Waals surface area contributed by atoms with Crippen molar-refractivity contribution in [2.75, 3.05) is 10.6 Å². The van der Waals surface area contributed by atoms with Crippen LogP contribution in [0.15, 0.2) is 53.0 Å². The third-order valence-electron chi connectivity index (χ3n) is 4.63. The molecule has 3 N–H and O–H groups in total. The lowest BCUT2D eigenvalue weighted by molar-refractivity contribution is -0.119. The van der Waals surface area contributed by atoms with Crippen LogP contribution in [0.5, 0.6) is 0 Å². The number of nitrogens with zero attached hydrogens (tertiary/aromatic N) is 2. The summed E-state index contributed by atoms with van der Waals surface area (Å²) < 4.78 is 0.747. The number of carbonyl (C=O) groups is 2. The highest BCUT2D eigenvalue weighted by molar-refractivity contribution is 9.10. The molecule has 0 aliphatic rings. The number of carbonyl (C=O) groups excluding carboxylic acids is 2. The van der Waals surface area contributed by atoms with Gasteiger partial charge in [0.15, 0.2) is 0 Å². The highest BCUT2D eigenvalue weighted by Gasteiger charge is 2.27. The quantitative estimate of drug-likeness (QED) is 0.366. The molecule has 1 aromatic heterocycles. The zero-order valence-corrected chi connectivity index (χ0v) is 20.0. The number of para-hydroxylation sites is 1. The summed E-state index contributed by atoms with van der Waals surface area (Å²) in [5, 5.41) is 18.0. The molecule has 7 nitrogen and oxygen atoms in total. The molecule has 3 rings (SSSR count). The fourth-order valence-electron chi connectivity index (χ4n) is 2.76. The predicted octanol–water partition coefficient (Wildman–Crippen LogP) is 5.80. The lowest BCUT2D eigenvalue weighted by Crippen LogP contribution is -2.49. The van der Waals surface area contributed by atoms with Gasteiger partial charge in [0.2, 0.25) is 11.0 Å². The molecule has 10 heteroatoms. The fraction of sp³-hybridized carbons (Fsp3) is 0.238. The second-order valence-electron chi connectivity index (χ2n) is 6.85. The first-order chi connectivity index (χ1) is 14.9. The smallest absolute Gasteiger partial charge is 0.319 e. The summed E-state index contributed by atoms with van der Waals surface area (Å²) >= 11 is 10.7. The zero-order chi connectivity index (χ0) is 22.4. The summed E-state index contributed by atoms with van der Waals surface area (Å²) in [6.07, 6.45) is 0.706. The topological polar surface area (TPSA) is 96.0 Å². The largest absolute Gasteiger partial charge is 0.326 e. The predicted molar refractivity (Wildman–Crippen MR) is 129 cm³/mol. The molecule has 162 valence electrons. The van der Waals surface area contributed by atoms with Crippen LogP contribution in [0.1, 0.15) is 20.3 Å². The van der Waals surface area contributed by atoms with Gasteiger partial charge in [-0.05, 0) is 46.1 Å². The number of hydrogen-bond donors (Lipinski definition) is 3. The van der Waals surface area contributed by atoms with E-state index >= 15 is 0 Å². The van der Waals surface area contributed by atoms with Gasteiger partial charge >= 0.3 is 6.03 Å². The van der Waals surface area contributed by atoms with E-state index in [1.165, 1.54) is 11.3 Å². The highest BCUT2D eigenvalue weighted by Crippen LogP contribution is 2.28. The number of amides is 3. The minimum Gasteiger partial charge on any atom is -0.326 e. The molecule has 0 saturated heterocycles. The molecule has 2 atom stereocenters. The number of rotatable bonds is 7. The third kappa shape index (κ3) is 6.25. The molecule has 0 fully saturated rings. The Hall–Kier alpha value is -2.49. The third-order valence-corrected chi connectivity index (χ3v) is 6.45. The van der Waals surface area contributed by atoms with Crippen LogP contribution >= 0.6 is 38.9 Å². The maximum Gasteiger partial charge on any atom is 0.319 e. The Labute approximate surface area is 197 Å². The van der Waals surface area contributed by atoms with E-state index in [4.69, 9.17) is 11.6 Å². The zero-order valence-electron chi connectivity index (χ0n) is 16.9. The molecular weight excluding hydrogens is 502 g/mol. The summed E-state index contributed by atoms with van der Waals surface area (Å²) in [4.78, 5) is 25.4. The Morgan fingerprint density at radius 2 is 1.90 bits per heavy atom. The van der Waals surface area contributed by atoms with Crippen LogP contribution in [0.25, 0.3) is 10.6 Å². The SMILES string of the molecule is CC[C@H](C)[C@@H](NC(=O)Nc1ccccc1Br)C(=O)Nc1nnc(-c2cccc(Cl)c2)s1. The minimum atomic E-state index is -0.744. The molecular formula is C21H21BrClN5O2S. The lowest BCUT2D eigenvalue weighted by Gasteiger charge is -2.23. The number of benzene rings is 2. The Morgan fingerprint density at radius 3 is 2.61 bits per heavy atom. The molecule has 0 spiro atoms. The Morgan fingerprint density at radius 1 is 1.13 bits per heavy atom. The van der Waals surface area contributed by atoms with Crippen molar-refractivity contribution in [1.29, 1.82) is 0 Å². The van der Waals surface area contributed by atoms with Crippen LogP contribution in [0.2, 0.25) is 5.02 Å². The molecule has 31 heavy (non-hydrogen) atoms. The summed E-state index contributed by atoms with van der Waals surface area (Å²) in [5.41, 5.74) is 1.42. The summed E-state index contributed by atoms with van der Waals surface area (Å²) in [6.45, 7) is 3.86. The summed E-state index contributed by atoms with van der Waals surface area (Å²) in [5.74, 6) is -0.448. The van der Waals surface area contributed by atoms with Gasteiger partial charge in [-0.15, -0.1) is 10.2 Å². The molecule has 0 aliphatic heterocycles. The monoisotopic (exact) mass is 521 g/mol. The van der Waals surface area contributed by atoms with E-state index in [-0.39, 0.29) is 11.8 Å². The molecule has 3 aromatic rings. The first kappa shape index (κ1) is 23.2. The Kier molecular flexibility index (Phi) is 8.00. The Balaban J connectivity index is 1.69. The van der Waals surface area contributed by atoms with Gasteiger partial charge in [0.25, 0.3) is 0 Å². The van der Waals surface area contributed by atoms with Crippen LogP contribution in [0.4, 0.5) is 15.6 Å². The van der Waals surface area contributed by atoms with Crippen molar-refractivity contribution in [3.63, 3.8) is 0 Å². The van der Waals surface area contributed by atoms with E-state index in [1.54, 1.807) is 18.2 Å². The average Bonchev–Trinajstić information content (AvgIpc) is 3.21. The van der Waals surface area contributed by atoms with Crippen LogP contribution < -0.4 is 16.0 Å². The number of urea groups is 1. The van der Waals surface area contributed by atoms with Gasteiger partial charge in [-0.25, -0.2) is 4.79 Å². The first-order valence-electron chi connectivity index (χ1n) is 9.59. The molecule has 0 aliphatic carbocycles. The van der Waals surface area contributed by atoms with Gasteiger partial charge in [-0.2, -0.15) is 0 Å². The van der Waals surface area contributed by atoms with Crippen LogP contribution in [0.3, 0.4) is 0 Å². The van der Waals surface area contributed by atoms with Gasteiger partial charge in [0.05, 0.1) is 5.69 Å². The molecule has 0 unspecified atom stereocenters. The van der Waals surface area contributed by atoms with Crippen molar-refractivity contribution < 1.29 is 9.59 Å². The van der Waals surface area contributed by atoms with Crippen molar-refractivity contribution in [1.82, 2.24) is 15.5 Å². The van der Waals surface area contributed by atoms with Crippen molar-refractivity contribution in [2.45, 2.75) is 26.3 Å². The maximum atomic E-state index is 12.9. The highest BCUT2D eigenvalue weighted by atomic mass is 79.9. The van der Waals surface area contributed by atoms with E-state index in [9.17, 15) is 9.59 Å². The van der Waals surface area contributed by atoms with E-state index in [0.717, 1.165) is 10.0 Å². The second-order valence-corrected chi connectivity index (χ2v) is 9.12. The van der Waals surface area contributed by atoms with E-state index in [0.29, 0.717) is 27.3 Å². The normalized spacial score (nSPS) is 12.6. The van der Waals surface area contributed by atoms with Crippen molar-refractivity contribution in [3.05, 3.63) is 58.0 Å². The van der Waals surface area contributed by atoms with Gasteiger partial charge < -0.3 is 10.6 Å². The van der Waals surface area contributed by atoms with Crippen molar-refractivity contribution >= 4 is 61.6 Å². The molecule has 1 heterocycles. The summed E-state index contributed by atoms with van der Waals surface area (Å²) in [6, 6.07) is 13.3. The van der Waals surface area contributed by atoms with Crippen LogP contribution in [-0.4, -0.2) is 28.2 Å².